The summed E-state index contributed by atoms with van der Waals surface area (Å²) in [6.07, 6.45) is 3.36. The van der Waals surface area contributed by atoms with Crippen molar-refractivity contribution in [3.8, 4) is 0 Å². The van der Waals surface area contributed by atoms with Crippen LogP contribution in [0.1, 0.15) is 11.3 Å². The van der Waals surface area contributed by atoms with Crippen LogP contribution in [0.4, 0.5) is 5.82 Å². The van der Waals surface area contributed by atoms with Gasteiger partial charge in [0.1, 0.15) is 10.8 Å². The lowest BCUT2D eigenvalue weighted by Gasteiger charge is -2.07. The second kappa shape index (κ2) is 7.70. The van der Waals surface area contributed by atoms with Gasteiger partial charge in [0.05, 0.1) is 19.4 Å². The molecule has 2 N–H and O–H groups in total. The van der Waals surface area contributed by atoms with Gasteiger partial charge in [-0.15, -0.1) is 0 Å². The predicted octanol–water partition coefficient (Wildman–Crippen LogP) is 4.32. The van der Waals surface area contributed by atoms with Crippen molar-refractivity contribution in [3.63, 3.8) is 0 Å². The largest absolute Gasteiger partial charge is 0.467 e. The summed E-state index contributed by atoms with van der Waals surface area (Å²) >= 11 is 17.3. The molecule has 5 nitrogen and oxygen atoms in total. The average molecular weight is 381 g/mol. The van der Waals surface area contributed by atoms with E-state index in [-0.39, 0.29) is 0 Å². The molecule has 3 rings (SSSR count). The number of nitrogens with one attached hydrogen (secondary N) is 2. The number of benzene rings is 1. The first kappa shape index (κ1) is 16.8. The minimum absolute atomic E-state index is 0.421. The Labute approximate surface area is 154 Å². The molecule has 0 saturated heterocycles. The summed E-state index contributed by atoms with van der Waals surface area (Å²) in [4.78, 5) is 0. The van der Waals surface area contributed by atoms with Crippen LogP contribution < -0.4 is 10.6 Å². The zero-order chi connectivity index (χ0) is 16.9. The highest BCUT2D eigenvalue weighted by atomic mass is 35.5. The number of thiocarbonyl (C=S) groups is 1. The molecule has 0 atom stereocenters. The van der Waals surface area contributed by atoms with Crippen LogP contribution in [0.15, 0.2) is 53.3 Å². The summed E-state index contributed by atoms with van der Waals surface area (Å²) in [7, 11) is 0. The monoisotopic (exact) mass is 380 g/mol. The molecule has 8 heteroatoms. The van der Waals surface area contributed by atoms with Crippen LogP contribution in [0.5, 0.6) is 0 Å². The van der Waals surface area contributed by atoms with Gasteiger partial charge in [-0.2, -0.15) is 5.10 Å². The summed E-state index contributed by atoms with van der Waals surface area (Å²) in [6, 6.07) is 11.3. The Balaban J connectivity index is 1.59. The molecule has 1 aromatic carbocycles. The van der Waals surface area contributed by atoms with E-state index in [1.807, 2.05) is 36.4 Å². The summed E-state index contributed by atoms with van der Waals surface area (Å²) in [5.41, 5.74) is 1.07. The first-order valence-electron chi connectivity index (χ1n) is 7.15. The van der Waals surface area contributed by atoms with Crippen LogP contribution in [-0.4, -0.2) is 14.9 Å². The fourth-order valence-corrected chi connectivity index (χ4v) is 2.56. The van der Waals surface area contributed by atoms with E-state index in [1.165, 1.54) is 0 Å². The molecule has 2 heterocycles. The van der Waals surface area contributed by atoms with E-state index in [4.69, 9.17) is 39.8 Å². The van der Waals surface area contributed by atoms with Crippen LogP contribution in [-0.2, 0) is 13.1 Å². The third-order valence-electron chi connectivity index (χ3n) is 3.21. The van der Waals surface area contributed by atoms with E-state index < -0.39 is 0 Å². The van der Waals surface area contributed by atoms with Gasteiger partial charge in [-0.1, -0.05) is 35.3 Å². The molecule has 0 bridgehead atoms. The highest BCUT2D eigenvalue weighted by Gasteiger charge is 2.09. The minimum atomic E-state index is 0.421. The predicted molar refractivity (Wildman–Crippen MR) is 99.6 cm³/mol. The lowest BCUT2D eigenvalue weighted by atomic mass is 10.2. The summed E-state index contributed by atoms with van der Waals surface area (Å²) in [6.45, 7) is 1.08. The van der Waals surface area contributed by atoms with Crippen LogP contribution in [0, 0.1) is 0 Å². The van der Waals surface area contributed by atoms with E-state index in [0.29, 0.717) is 34.1 Å². The van der Waals surface area contributed by atoms with Crippen molar-refractivity contribution in [2.45, 2.75) is 13.1 Å². The maximum absolute atomic E-state index is 6.21. The third kappa shape index (κ3) is 4.50. The van der Waals surface area contributed by atoms with Crippen LogP contribution in [0.25, 0.3) is 0 Å². The zero-order valence-electron chi connectivity index (χ0n) is 12.5. The lowest BCUT2D eigenvalue weighted by molar-refractivity contribution is 0.503. The highest BCUT2D eigenvalue weighted by molar-refractivity contribution is 7.80. The Kier molecular flexibility index (Phi) is 5.40. The van der Waals surface area contributed by atoms with E-state index in [1.54, 1.807) is 17.1 Å². The number of hydrogen-bond donors (Lipinski definition) is 2. The van der Waals surface area contributed by atoms with Gasteiger partial charge in [-0.25, -0.2) is 0 Å². The standard InChI is InChI=1S/C16H14Cl2N4OS/c17-12-5-3-11(4-6-12)9-22-10-14(18)15(21-22)20-16(24)19-8-13-2-1-7-23-13/h1-7,10H,8-9H2,(H2,19,20,21,24). The van der Waals surface area contributed by atoms with Crippen molar-refractivity contribution in [2.24, 2.45) is 0 Å². The molecule has 0 aliphatic rings. The number of aromatic nitrogens is 2. The Hall–Kier alpha value is -2.02. The van der Waals surface area contributed by atoms with E-state index in [9.17, 15) is 0 Å². The molecule has 0 aliphatic carbocycles. The van der Waals surface area contributed by atoms with Gasteiger partial charge < -0.3 is 15.1 Å². The molecule has 124 valence electrons. The van der Waals surface area contributed by atoms with Crippen molar-refractivity contribution in [1.29, 1.82) is 0 Å². The molecule has 0 aliphatic heterocycles. The summed E-state index contributed by atoms with van der Waals surface area (Å²) in [5, 5.41) is 12.0. The Morgan fingerprint density at radius 3 is 2.71 bits per heavy atom. The van der Waals surface area contributed by atoms with E-state index in [0.717, 1.165) is 11.3 Å². The van der Waals surface area contributed by atoms with Crippen LogP contribution >= 0.6 is 35.4 Å². The number of anilines is 1. The molecule has 0 amide bonds. The van der Waals surface area contributed by atoms with Crippen LogP contribution in [0.2, 0.25) is 10.0 Å². The van der Waals surface area contributed by atoms with Gasteiger partial charge in [0, 0.05) is 11.2 Å². The number of rotatable bonds is 5. The van der Waals surface area contributed by atoms with Gasteiger partial charge in [0.25, 0.3) is 0 Å². The Morgan fingerprint density at radius 1 is 1.21 bits per heavy atom. The minimum Gasteiger partial charge on any atom is -0.467 e. The van der Waals surface area contributed by atoms with Gasteiger partial charge in [0.2, 0.25) is 0 Å². The molecule has 0 unspecified atom stereocenters. The highest BCUT2D eigenvalue weighted by Crippen LogP contribution is 2.20. The molecular weight excluding hydrogens is 367 g/mol. The first-order chi connectivity index (χ1) is 11.6. The van der Waals surface area contributed by atoms with Crippen molar-refractivity contribution < 1.29 is 4.42 Å². The first-order valence-corrected chi connectivity index (χ1v) is 8.31. The molecule has 0 radical (unpaired) electrons. The molecule has 0 spiro atoms. The summed E-state index contributed by atoms with van der Waals surface area (Å²) in [5.74, 6) is 1.29. The smallest absolute Gasteiger partial charge is 0.173 e. The van der Waals surface area contributed by atoms with Crippen molar-refractivity contribution in [2.75, 3.05) is 5.32 Å². The Morgan fingerprint density at radius 2 is 2.00 bits per heavy atom. The Bertz CT molecular complexity index is 815. The third-order valence-corrected chi connectivity index (χ3v) is 3.99. The summed E-state index contributed by atoms with van der Waals surface area (Å²) < 4.78 is 6.97. The number of halogens is 2. The fourth-order valence-electron chi connectivity index (χ4n) is 2.07. The fraction of sp³-hybridized carbons (Fsp3) is 0.125. The zero-order valence-corrected chi connectivity index (χ0v) is 14.8. The maximum Gasteiger partial charge on any atom is 0.173 e. The normalized spacial score (nSPS) is 10.6. The molecule has 0 fully saturated rings. The quantitative estimate of drug-likeness (QED) is 0.645. The molecule has 24 heavy (non-hydrogen) atoms. The molecular formula is C16H14Cl2N4OS. The average Bonchev–Trinajstić information content (AvgIpc) is 3.18. The second-order valence-electron chi connectivity index (χ2n) is 5.04. The maximum atomic E-state index is 6.21. The number of nitrogens with zero attached hydrogens (tertiary/aromatic N) is 2. The number of furan rings is 1. The van der Waals surface area contributed by atoms with Crippen molar-refractivity contribution in [3.05, 3.63) is 70.2 Å². The number of hydrogen-bond acceptors (Lipinski definition) is 3. The van der Waals surface area contributed by atoms with Crippen molar-refractivity contribution in [1.82, 2.24) is 15.1 Å². The van der Waals surface area contributed by atoms with Crippen LogP contribution in [0.3, 0.4) is 0 Å². The van der Waals surface area contributed by atoms with Gasteiger partial charge in [0.15, 0.2) is 10.9 Å². The van der Waals surface area contributed by atoms with E-state index >= 15 is 0 Å². The van der Waals surface area contributed by atoms with Gasteiger partial charge >= 0.3 is 0 Å². The molecule has 3 aromatic rings. The molecule has 2 aromatic heterocycles. The second-order valence-corrected chi connectivity index (χ2v) is 6.29. The van der Waals surface area contributed by atoms with E-state index in [2.05, 4.69) is 15.7 Å². The van der Waals surface area contributed by atoms with Crippen molar-refractivity contribution >= 4 is 46.4 Å². The SMILES string of the molecule is S=C(NCc1ccco1)Nc1nn(Cc2ccc(Cl)cc2)cc1Cl. The van der Waals surface area contributed by atoms with Gasteiger partial charge in [-0.05, 0) is 42.0 Å². The van der Waals surface area contributed by atoms with Gasteiger partial charge in [-0.3, -0.25) is 4.68 Å². The molecule has 0 saturated carbocycles. The topological polar surface area (TPSA) is 55.0 Å². The lowest BCUT2D eigenvalue weighted by Crippen LogP contribution is -2.28.